The number of carbonyl (C=O) groups excluding carboxylic acids is 1. The summed E-state index contributed by atoms with van der Waals surface area (Å²) in [5.74, 6) is -0.938. The highest BCUT2D eigenvalue weighted by atomic mass is 19.1. The predicted octanol–water partition coefficient (Wildman–Crippen LogP) is 4.39. The zero-order valence-electron chi connectivity index (χ0n) is 17.0. The molecule has 2 heterocycles. The second kappa shape index (κ2) is 7.53. The number of fused-ring (bicyclic) bond motifs is 2. The van der Waals surface area contributed by atoms with Crippen molar-refractivity contribution in [2.24, 2.45) is 0 Å². The van der Waals surface area contributed by atoms with Crippen LogP contribution in [0.2, 0.25) is 0 Å². The van der Waals surface area contributed by atoms with Gasteiger partial charge in [-0.05, 0) is 41.5 Å². The van der Waals surface area contributed by atoms with Crippen LogP contribution in [0.5, 0.6) is 11.5 Å². The van der Waals surface area contributed by atoms with Gasteiger partial charge >= 0.3 is 0 Å². The van der Waals surface area contributed by atoms with Crippen molar-refractivity contribution in [1.29, 1.82) is 0 Å². The maximum atomic E-state index is 13.9. The second-order valence-corrected chi connectivity index (χ2v) is 7.57. The van der Waals surface area contributed by atoms with Crippen molar-refractivity contribution >= 4 is 16.9 Å². The van der Waals surface area contributed by atoms with E-state index in [2.05, 4.69) is 0 Å². The van der Waals surface area contributed by atoms with Crippen molar-refractivity contribution in [2.45, 2.75) is 12.6 Å². The summed E-state index contributed by atoms with van der Waals surface area (Å²) in [6.45, 7) is 0.224. The lowest BCUT2D eigenvalue weighted by Gasteiger charge is -2.25. The number of benzene rings is 3. The number of nitrogens with zero attached hydrogens (tertiary/aromatic N) is 1. The third-order valence-corrected chi connectivity index (χ3v) is 5.64. The van der Waals surface area contributed by atoms with Crippen molar-refractivity contribution in [2.75, 3.05) is 7.11 Å². The standard InChI is InChI=1S/C25H18FNO5/c1-31-20-11-15(7-9-18(20)28)22-21-23(29)17-12-16(26)8-10-19(17)32-24(21)25(30)27(22)13-14-5-3-2-4-6-14/h2-12,22,28H,13H2,1H3. The Morgan fingerprint density at radius 3 is 2.59 bits per heavy atom. The minimum atomic E-state index is -0.795. The Kier molecular flexibility index (Phi) is 4.66. The van der Waals surface area contributed by atoms with Crippen LogP contribution in [-0.4, -0.2) is 23.0 Å². The van der Waals surface area contributed by atoms with Crippen molar-refractivity contribution in [3.8, 4) is 11.5 Å². The number of amides is 1. The molecule has 5 rings (SSSR count). The Balaban J connectivity index is 1.75. The van der Waals surface area contributed by atoms with Gasteiger partial charge < -0.3 is 19.2 Å². The first-order valence-electron chi connectivity index (χ1n) is 9.96. The summed E-state index contributed by atoms with van der Waals surface area (Å²) in [6.07, 6.45) is 0. The van der Waals surface area contributed by atoms with Gasteiger partial charge in [0.2, 0.25) is 5.76 Å². The minimum absolute atomic E-state index is 0.0638. The summed E-state index contributed by atoms with van der Waals surface area (Å²) in [6, 6.07) is 16.9. The molecule has 1 atom stereocenters. The van der Waals surface area contributed by atoms with Crippen LogP contribution < -0.4 is 10.2 Å². The first-order chi connectivity index (χ1) is 15.5. The molecular weight excluding hydrogens is 413 g/mol. The summed E-state index contributed by atoms with van der Waals surface area (Å²) in [4.78, 5) is 28.4. The average Bonchev–Trinajstić information content (AvgIpc) is 3.07. The molecule has 4 aromatic rings. The van der Waals surface area contributed by atoms with E-state index in [1.807, 2.05) is 30.3 Å². The van der Waals surface area contributed by atoms with Gasteiger partial charge in [0.25, 0.3) is 5.91 Å². The smallest absolute Gasteiger partial charge is 0.291 e. The molecule has 0 saturated carbocycles. The predicted molar refractivity (Wildman–Crippen MR) is 115 cm³/mol. The lowest BCUT2D eigenvalue weighted by atomic mass is 9.97. The lowest BCUT2D eigenvalue weighted by molar-refractivity contribution is 0.0714. The quantitative estimate of drug-likeness (QED) is 0.518. The van der Waals surface area contributed by atoms with Crippen LogP contribution in [0, 0.1) is 5.82 Å². The Morgan fingerprint density at radius 1 is 1.06 bits per heavy atom. The van der Waals surface area contributed by atoms with Crippen molar-refractivity contribution < 1.29 is 23.4 Å². The number of phenols is 1. The van der Waals surface area contributed by atoms with E-state index in [9.17, 15) is 19.1 Å². The number of hydrogen-bond acceptors (Lipinski definition) is 5. The molecular formula is C25H18FNO5. The van der Waals surface area contributed by atoms with E-state index >= 15 is 0 Å². The number of ether oxygens (including phenoxy) is 1. The van der Waals surface area contributed by atoms with Crippen LogP contribution in [0.1, 0.15) is 33.3 Å². The summed E-state index contributed by atoms with van der Waals surface area (Å²) in [7, 11) is 1.42. The summed E-state index contributed by atoms with van der Waals surface area (Å²) in [5.41, 5.74) is 1.24. The summed E-state index contributed by atoms with van der Waals surface area (Å²) >= 11 is 0. The number of aromatic hydroxyl groups is 1. The molecule has 1 N–H and O–H groups in total. The van der Waals surface area contributed by atoms with E-state index in [4.69, 9.17) is 9.15 Å². The van der Waals surface area contributed by atoms with E-state index in [-0.39, 0.29) is 40.3 Å². The molecule has 0 spiro atoms. The molecule has 1 aromatic heterocycles. The van der Waals surface area contributed by atoms with E-state index in [1.54, 1.807) is 12.1 Å². The highest BCUT2D eigenvalue weighted by molar-refractivity contribution is 5.99. The molecule has 0 radical (unpaired) electrons. The van der Waals surface area contributed by atoms with Crippen molar-refractivity contribution in [3.05, 3.63) is 105 Å². The minimum Gasteiger partial charge on any atom is -0.504 e. The van der Waals surface area contributed by atoms with Crippen LogP contribution in [0.25, 0.3) is 11.0 Å². The van der Waals surface area contributed by atoms with Gasteiger partial charge in [0.05, 0.1) is 24.1 Å². The number of phenolic OH excluding ortho intramolecular Hbond substituents is 1. The van der Waals surface area contributed by atoms with Crippen molar-refractivity contribution in [1.82, 2.24) is 4.90 Å². The first-order valence-corrected chi connectivity index (χ1v) is 9.96. The molecule has 6 nitrogen and oxygen atoms in total. The maximum Gasteiger partial charge on any atom is 0.291 e. The molecule has 7 heteroatoms. The second-order valence-electron chi connectivity index (χ2n) is 7.57. The molecule has 0 bridgehead atoms. The largest absolute Gasteiger partial charge is 0.504 e. The monoisotopic (exact) mass is 431 g/mol. The molecule has 1 aliphatic rings. The number of carbonyl (C=O) groups is 1. The third-order valence-electron chi connectivity index (χ3n) is 5.64. The van der Waals surface area contributed by atoms with Gasteiger partial charge in [-0.1, -0.05) is 36.4 Å². The van der Waals surface area contributed by atoms with Crippen LogP contribution in [0.4, 0.5) is 4.39 Å². The SMILES string of the molecule is COc1cc(C2c3c(oc4ccc(F)cc4c3=O)C(=O)N2Cc2ccccc2)ccc1O. The number of hydrogen-bond donors (Lipinski definition) is 1. The topological polar surface area (TPSA) is 80.0 Å². The van der Waals surface area contributed by atoms with Crippen LogP contribution in [-0.2, 0) is 6.54 Å². The molecule has 0 saturated heterocycles. The number of halogens is 1. The summed E-state index contributed by atoms with van der Waals surface area (Å²) < 4.78 is 24.9. The van der Waals surface area contributed by atoms with E-state index in [1.165, 1.54) is 30.2 Å². The van der Waals surface area contributed by atoms with Gasteiger partial charge in [0, 0.05) is 6.54 Å². The van der Waals surface area contributed by atoms with Gasteiger partial charge in [0.1, 0.15) is 11.4 Å². The Bertz CT molecular complexity index is 1410. The highest BCUT2D eigenvalue weighted by Gasteiger charge is 2.43. The zero-order valence-corrected chi connectivity index (χ0v) is 17.0. The van der Waals surface area contributed by atoms with Crippen LogP contribution in [0.3, 0.4) is 0 Å². The Hall–Kier alpha value is -4.13. The Morgan fingerprint density at radius 2 is 1.84 bits per heavy atom. The van der Waals surface area contributed by atoms with Gasteiger partial charge in [-0.15, -0.1) is 0 Å². The fourth-order valence-electron chi connectivity index (χ4n) is 4.15. The van der Waals surface area contributed by atoms with Crippen LogP contribution in [0.15, 0.2) is 75.9 Å². The molecule has 1 amide bonds. The maximum absolute atomic E-state index is 13.9. The fraction of sp³-hybridized carbons (Fsp3) is 0.120. The third kappa shape index (κ3) is 3.10. The van der Waals surface area contributed by atoms with Gasteiger partial charge in [-0.2, -0.15) is 0 Å². The molecule has 3 aromatic carbocycles. The van der Waals surface area contributed by atoms with Gasteiger partial charge in [-0.25, -0.2) is 4.39 Å². The molecule has 160 valence electrons. The molecule has 32 heavy (non-hydrogen) atoms. The van der Waals surface area contributed by atoms with Gasteiger partial charge in [0.15, 0.2) is 16.9 Å². The molecule has 0 fully saturated rings. The molecule has 1 aliphatic heterocycles. The number of methoxy groups -OCH3 is 1. The van der Waals surface area contributed by atoms with E-state index in [0.29, 0.717) is 5.56 Å². The number of rotatable bonds is 4. The van der Waals surface area contributed by atoms with Crippen molar-refractivity contribution in [3.63, 3.8) is 0 Å². The van der Waals surface area contributed by atoms with E-state index < -0.39 is 23.2 Å². The average molecular weight is 431 g/mol. The van der Waals surface area contributed by atoms with Gasteiger partial charge in [-0.3, -0.25) is 9.59 Å². The molecule has 0 aliphatic carbocycles. The normalized spacial score (nSPS) is 15.2. The zero-order chi connectivity index (χ0) is 22.4. The highest BCUT2D eigenvalue weighted by Crippen LogP contribution is 2.41. The lowest BCUT2D eigenvalue weighted by Crippen LogP contribution is -2.29. The molecule has 1 unspecified atom stereocenters. The van der Waals surface area contributed by atoms with E-state index in [0.717, 1.165) is 11.6 Å². The summed E-state index contributed by atoms with van der Waals surface area (Å²) in [5, 5.41) is 10.1. The Labute approximate surface area is 182 Å². The van der Waals surface area contributed by atoms with Crippen LogP contribution >= 0.6 is 0 Å². The first kappa shape index (κ1) is 19.8. The fourth-order valence-corrected chi connectivity index (χ4v) is 4.15.